The normalized spacial score (nSPS) is 16.6. The van der Waals surface area contributed by atoms with Crippen molar-refractivity contribution < 1.29 is 17.9 Å². The maximum Gasteiger partial charge on any atom is 0.431 e. The maximum absolute atomic E-state index is 11.8. The molecule has 0 radical (unpaired) electrons. The van der Waals surface area contributed by atoms with Gasteiger partial charge in [0.25, 0.3) is 0 Å². The fourth-order valence-corrected chi connectivity index (χ4v) is 1.64. The van der Waals surface area contributed by atoms with E-state index in [9.17, 15) is 18.0 Å². The Morgan fingerprint density at radius 3 is 2.26 bits per heavy atom. The fourth-order valence-electron chi connectivity index (χ4n) is 1.64. The number of halogens is 3. The van der Waals surface area contributed by atoms with Crippen molar-refractivity contribution in [3.05, 3.63) is 34.2 Å². The number of aromatic nitrogens is 1. The quantitative estimate of drug-likeness (QED) is 0.823. The Bertz CT molecular complexity index is 425. The summed E-state index contributed by atoms with van der Waals surface area (Å²) in [7, 11) is 1.79. The van der Waals surface area contributed by atoms with E-state index >= 15 is 0 Å². The molecule has 0 aromatic carbocycles. The van der Waals surface area contributed by atoms with E-state index in [1.54, 1.807) is 12.1 Å². The Balaban J connectivity index is 0.000000200. The van der Waals surface area contributed by atoms with Crippen molar-refractivity contribution in [1.82, 2.24) is 10.3 Å². The molecule has 4 nitrogen and oxygen atoms in total. The molecule has 7 heteroatoms. The summed E-state index contributed by atoms with van der Waals surface area (Å²) in [4.78, 5) is 12.0. The Morgan fingerprint density at radius 2 is 1.89 bits per heavy atom. The van der Waals surface area contributed by atoms with Crippen LogP contribution in [0.25, 0.3) is 0 Å². The van der Waals surface area contributed by atoms with Gasteiger partial charge in [-0.25, -0.2) is 0 Å². The standard InChI is InChI=1S/C6H4F3NO.C6H13NO/c7-6(8,9)4-2-1-3-5(11)10-4;1-8-6-2-4-7-5-3-6/h1-3H,(H,10,11);6-7H,2-5H2,1H3. The van der Waals surface area contributed by atoms with Crippen molar-refractivity contribution in [2.75, 3.05) is 20.2 Å². The van der Waals surface area contributed by atoms with Gasteiger partial charge in [0.2, 0.25) is 5.56 Å². The van der Waals surface area contributed by atoms with Crippen LogP contribution in [-0.2, 0) is 10.9 Å². The van der Waals surface area contributed by atoms with Crippen LogP contribution in [-0.4, -0.2) is 31.3 Å². The van der Waals surface area contributed by atoms with Crippen LogP contribution in [0.3, 0.4) is 0 Å². The highest BCUT2D eigenvalue weighted by Crippen LogP contribution is 2.25. The van der Waals surface area contributed by atoms with Crippen LogP contribution in [0.1, 0.15) is 18.5 Å². The van der Waals surface area contributed by atoms with Crippen LogP contribution in [0.2, 0.25) is 0 Å². The minimum Gasteiger partial charge on any atom is -0.381 e. The number of methoxy groups -OCH3 is 1. The molecular formula is C12H17F3N2O2. The third kappa shape index (κ3) is 5.89. The molecule has 1 saturated heterocycles. The molecule has 1 aromatic rings. The van der Waals surface area contributed by atoms with Gasteiger partial charge in [-0.05, 0) is 32.0 Å². The highest BCUT2D eigenvalue weighted by atomic mass is 19.4. The van der Waals surface area contributed by atoms with Gasteiger partial charge in [0, 0.05) is 13.2 Å². The van der Waals surface area contributed by atoms with Gasteiger partial charge in [-0.3, -0.25) is 4.79 Å². The van der Waals surface area contributed by atoms with E-state index in [1.165, 1.54) is 12.8 Å². The van der Waals surface area contributed by atoms with Crippen molar-refractivity contribution in [2.45, 2.75) is 25.1 Å². The molecule has 1 aliphatic rings. The number of hydrogen-bond donors (Lipinski definition) is 2. The molecule has 1 aliphatic heterocycles. The molecule has 0 spiro atoms. The average molecular weight is 278 g/mol. The van der Waals surface area contributed by atoms with E-state index in [4.69, 9.17) is 4.74 Å². The Hall–Kier alpha value is -1.34. The molecule has 1 aromatic heterocycles. The number of H-pyrrole nitrogens is 1. The fraction of sp³-hybridized carbons (Fsp3) is 0.583. The van der Waals surface area contributed by atoms with E-state index in [-0.39, 0.29) is 0 Å². The lowest BCUT2D eigenvalue weighted by atomic mass is 10.1. The van der Waals surface area contributed by atoms with Crippen LogP contribution in [0.5, 0.6) is 0 Å². The van der Waals surface area contributed by atoms with E-state index in [1.807, 2.05) is 0 Å². The molecule has 0 saturated carbocycles. The Labute approximate surface area is 109 Å². The third-order valence-electron chi connectivity index (χ3n) is 2.69. The summed E-state index contributed by atoms with van der Waals surface area (Å²) in [6.45, 7) is 2.25. The molecule has 0 bridgehead atoms. The minimum absolute atomic E-state index is 0.524. The number of ether oxygens (including phenoxy) is 1. The summed E-state index contributed by atoms with van der Waals surface area (Å²) in [6.07, 6.45) is -1.59. The number of rotatable bonds is 1. The molecule has 2 heterocycles. The van der Waals surface area contributed by atoms with E-state index in [0.29, 0.717) is 6.10 Å². The second kappa shape index (κ2) is 7.30. The van der Waals surface area contributed by atoms with Gasteiger partial charge in [0.05, 0.1) is 6.10 Å². The molecule has 2 rings (SSSR count). The molecule has 0 amide bonds. The summed E-state index contributed by atoms with van der Waals surface area (Å²) in [5.74, 6) is 0. The zero-order chi connectivity index (χ0) is 14.3. The van der Waals surface area contributed by atoms with Gasteiger partial charge in [-0.15, -0.1) is 0 Å². The lowest BCUT2D eigenvalue weighted by molar-refractivity contribution is -0.141. The summed E-state index contributed by atoms with van der Waals surface area (Å²) in [6, 6.07) is 2.89. The van der Waals surface area contributed by atoms with Gasteiger partial charge >= 0.3 is 6.18 Å². The van der Waals surface area contributed by atoms with Crippen LogP contribution < -0.4 is 10.9 Å². The topological polar surface area (TPSA) is 54.1 Å². The molecule has 0 aliphatic carbocycles. The van der Waals surface area contributed by atoms with E-state index in [2.05, 4.69) is 5.32 Å². The predicted molar refractivity (Wildman–Crippen MR) is 65.0 cm³/mol. The first-order chi connectivity index (χ1) is 8.93. The average Bonchev–Trinajstić information content (AvgIpc) is 2.39. The van der Waals surface area contributed by atoms with Crippen LogP contribution in [0, 0.1) is 0 Å². The van der Waals surface area contributed by atoms with Gasteiger partial charge in [-0.2, -0.15) is 13.2 Å². The monoisotopic (exact) mass is 278 g/mol. The molecule has 0 unspecified atom stereocenters. The number of aromatic amines is 1. The lowest BCUT2D eigenvalue weighted by Gasteiger charge is -2.20. The summed E-state index contributed by atoms with van der Waals surface area (Å²) in [5.41, 5.74) is -1.77. The first kappa shape index (κ1) is 15.7. The number of alkyl halides is 3. The number of hydrogen-bond acceptors (Lipinski definition) is 3. The molecule has 108 valence electrons. The summed E-state index contributed by atoms with van der Waals surface area (Å²) in [5, 5.41) is 3.27. The zero-order valence-corrected chi connectivity index (χ0v) is 10.6. The van der Waals surface area contributed by atoms with Crippen LogP contribution in [0.15, 0.2) is 23.0 Å². The highest BCUT2D eigenvalue weighted by molar-refractivity contribution is 5.06. The number of pyridine rings is 1. The molecule has 2 N–H and O–H groups in total. The Kier molecular flexibility index (Phi) is 6.04. The number of piperidine rings is 1. The molecular weight excluding hydrogens is 261 g/mol. The van der Waals surface area contributed by atoms with Crippen molar-refractivity contribution in [3.63, 3.8) is 0 Å². The smallest absolute Gasteiger partial charge is 0.381 e. The molecule has 1 fully saturated rings. The van der Waals surface area contributed by atoms with Crippen molar-refractivity contribution in [2.24, 2.45) is 0 Å². The first-order valence-corrected chi connectivity index (χ1v) is 5.93. The predicted octanol–water partition coefficient (Wildman–Crippen LogP) is 1.78. The van der Waals surface area contributed by atoms with Crippen molar-refractivity contribution in [1.29, 1.82) is 0 Å². The third-order valence-corrected chi connectivity index (χ3v) is 2.69. The minimum atomic E-state index is -4.47. The van der Waals surface area contributed by atoms with Gasteiger partial charge in [0.1, 0.15) is 5.69 Å². The molecule has 0 atom stereocenters. The lowest BCUT2D eigenvalue weighted by Crippen LogP contribution is -2.31. The summed E-state index contributed by atoms with van der Waals surface area (Å²) < 4.78 is 40.5. The van der Waals surface area contributed by atoms with Crippen molar-refractivity contribution >= 4 is 0 Å². The van der Waals surface area contributed by atoms with Gasteiger partial charge in [0.15, 0.2) is 0 Å². The van der Waals surface area contributed by atoms with Crippen LogP contribution >= 0.6 is 0 Å². The Morgan fingerprint density at radius 1 is 1.26 bits per heavy atom. The zero-order valence-electron chi connectivity index (χ0n) is 10.6. The van der Waals surface area contributed by atoms with E-state index < -0.39 is 17.4 Å². The highest BCUT2D eigenvalue weighted by Gasteiger charge is 2.31. The van der Waals surface area contributed by atoms with Crippen LogP contribution in [0.4, 0.5) is 13.2 Å². The van der Waals surface area contributed by atoms with Gasteiger partial charge < -0.3 is 15.0 Å². The largest absolute Gasteiger partial charge is 0.431 e. The number of nitrogens with one attached hydrogen (secondary N) is 2. The van der Waals surface area contributed by atoms with E-state index in [0.717, 1.165) is 31.3 Å². The SMILES string of the molecule is COC1CCNCC1.O=c1cccc(C(F)(F)F)[nH]1. The van der Waals surface area contributed by atoms with Gasteiger partial charge in [-0.1, -0.05) is 6.07 Å². The second-order valence-corrected chi connectivity index (χ2v) is 4.11. The van der Waals surface area contributed by atoms with Crippen molar-refractivity contribution in [3.8, 4) is 0 Å². The maximum atomic E-state index is 11.8. The first-order valence-electron chi connectivity index (χ1n) is 5.93. The summed E-state index contributed by atoms with van der Waals surface area (Å²) >= 11 is 0. The molecule has 19 heavy (non-hydrogen) atoms. The second-order valence-electron chi connectivity index (χ2n) is 4.11.